The second-order valence-corrected chi connectivity index (χ2v) is 4.22. The SMILES string of the molecule is CCOC(=O)Cc1cc(Br)c(C#N)c(CO)c1. The molecule has 1 aromatic carbocycles. The van der Waals surface area contributed by atoms with E-state index in [1.54, 1.807) is 19.1 Å². The average Bonchev–Trinajstić information content (AvgIpc) is 2.28. The molecule has 17 heavy (non-hydrogen) atoms. The van der Waals surface area contributed by atoms with E-state index in [2.05, 4.69) is 15.9 Å². The summed E-state index contributed by atoms with van der Waals surface area (Å²) in [6.45, 7) is 1.84. The molecule has 1 aromatic rings. The predicted molar refractivity (Wildman–Crippen MR) is 65.1 cm³/mol. The number of ether oxygens (including phenoxy) is 1. The first-order valence-corrected chi connectivity index (χ1v) is 5.89. The Bertz CT molecular complexity index is 466. The zero-order valence-corrected chi connectivity index (χ0v) is 11.0. The molecule has 0 saturated carbocycles. The smallest absolute Gasteiger partial charge is 0.310 e. The highest BCUT2D eigenvalue weighted by atomic mass is 79.9. The largest absolute Gasteiger partial charge is 0.466 e. The Kier molecular flexibility index (Phi) is 5.13. The third-order valence-electron chi connectivity index (χ3n) is 2.17. The summed E-state index contributed by atoms with van der Waals surface area (Å²) in [7, 11) is 0. The molecule has 0 bridgehead atoms. The van der Waals surface area contributed by atoms with Crippen molar-refractivity contribution in [1.82, 2.24) is 0 Å². The van der Waals surface area contributed by atoms with Crippen LogP contribution in [0.1, 0.15) is 23.6 Å². The quantitative estimate of drug-likeness (QED) is 0.862. The van der Waals surface area contributed by atoms with E-state index in [0.29, 0.717) is 27.8 Å². The molecule has 0 amide bonds. The highest BCUT2D eigenvalue weighted by molar-refractivity contribution is 9.10. The Morgan fingerprint density at radius 2 is 2.29 bits per heavy atom. The molecule has 0 unspecified atom stereocenters. The van der Waals surface area contributed by atoms with Crippen LogP contribution in [0.5, 0.6) is 0 Å². The number of benzene rings is 1. The van der Waals surface area contributed by atoms with Gasteiger partial charge in [-0.25, -0.2) is 0 Å². The lowest BCUT2D eigenvalue weighted by molar-refractivity contribution is -0.142. The summed E-state index contributed by atoms with van der Waals surface area (Å²) in [6.07, 6.45) is 0.130. The summed E-state index contributed by atoms with van der Waals surface area (Å²) in [5, 5.41) is 18.1. The number of nitrogens with zero attached hydrogens (tertiary/aromatic N) is 1. The lowest BCUT2D eigenvalue weighted by Crippen LogP contribution is -2.08. The van der Waals surface area contributed by atoms with E-state index in [1.165, 1.54) is 0 Å². The van der Waals surface area contributed by atoms with Crippen molar-refractivity contribution >= 4 is 21.9 Å². The summed E-state index contributed by atoms with van der Waals surface area (Å²) >= 11 is 3.24. The predicted octanol–water partition coefficient (Wildman–Crippen LogP) is 1.92. The fraction of sp³-hybridized carbons (Fsp3) is 0.333. The molecule has 0 aliphatic rings. The van der Waals surface area contributed by atoms with Crippen LogP contribution in [0.3, 0.4) is 0 Å². The maximum atomic E-state index is 11.3. The molecule has 0 spiro atoms. The maximum Gasteiger partial charge on any atom is 0.310 e. The summed E-state index contributed by atoms with van der Waals surface area (Å²) in [5.41, 5.74) is 1.60. The van der Waals surface area contributed by atoms with Crippen molar-refractivity contribution in [2.24, 2.45) is 0 Å². The normalized spacial score (nSPS) is 9.76. The van der Waals surface area contributed by atoms with Crippen molar-refractivity contribution in [2.45, 2.75) is 20.0 Å². The van der Waals surface area contributed by atoms with Crippen molar-refractivity contribution in [2.75, 3.05) is 6.61 Å². The minimum absolute atomic E-state index is 0.130. The molecule has 90 valence electrons. The standard InChI is InChI=1S/C12H12BrNO3/c1-2-17-12(16)5-8-3-9(7-15)10(6-14)11(13)4-8/h3-4,15H,2,5,7H2,1H3. The second-order valence-electron chi connectivity index (χ2n) is 3.36. The number of esters is 1. The second kappa shape index (κ2) is 6.38. The molecular weight excluding hydrogens is 286 g/mol. The van der Waals surface area contributed by atoms with Gasteiger partial charge in [-0.1, -0.05) is 6.07 Å². The van der Waals surface area contributed by atoms with Gasteiger partial charge in [0.15, 0.2) is 0 Å². The number of nitriles is 1. The molecule has 5 heteroatoms. The first-order chi connectivity index (χ1) is 8.12. The minimum atomic E-state index is -0.326. The minimum Gasteiger partial charge on any atom is -0.466 e. The van der Waals surface area contributed by atoms with Gasteiger partial charge in [0, 0.05) is 4.47 Å². The van der Waals surface area contributed by atoms with Crippen molar-refractivity contribution in [1.29, 1.82) is 5.26 Å². The third-order valence-corrected chi connectivity index (χ3v) is 2.79. The van der Waals surface area contributed by atoms with Gasteiger partial charge < -0.3 is 9.84 Å². The molecular formula is C12H12BrNO3. The Morgan fingerprint density at radius 1 is 1.59 bits per heavy atom. The maximum absolute atomic E-state index is 11.3. The first kappa shape index (κ1) is 13.7. The molecule has 0 aliphatic carbocycles. The van der Waals surface area contributed by atoms with Gasteiger partial charge in [0.1, 0.15) is 6.07 Å². The molecule has 0 aromatic heterocycles. The first-order valence-electron chi connectivity index (χ1n) is 5.10. The van der Waals surface area contributed by atoms with Crippen molar-refractivity contribution in [3.63, 3.8) is 0 Å². The van der Waals surface area contributed by atoms with Crippen molar-refractivity contribution in [3.8, 4) is 6.07 Å². The number of carbonyl (C=O) groups excluding carboxylic acids is 1. The molecule has 0 radical (unpaired) electrons. The molecule has 0 heterocycles. The van der Waals surface area contributed by atoms with E-state index in [9.17, 15) is 4.79 Å². The van der Waals surface area contributed by atoms with Gasteiger partial charge in [0.05, 0.1) is 25.2 Å². The molecule has 4 nitrogen and oxygen atoms in total. The Morgan fingerprint density at radius 3 is 2.82 bits per heavy atom. The molecule has 0 aliphatic heterocycles. The van der Waals surface area contributed by atoms with Crippen LogP contribution in [0.25, 0.3) is 0 Å². The van der Waals surface area contributed by atoms with Crippen LogP contribution in [-0.2, 0) is 22.6 Å². The highest BCUT2D eigenvalue weighted by Gasteiger charge is 2.11. The number of hydrogen-bond donors (Lipinski definition) is 1. The van der Waals surface area contributed by atoms with Gasteiger partial charge in [0.2, 0.25) is 0 Å². The summed E-state index contributed by atoms with van der Waals surface area (Å²) in [4.78, 5) is 11.3. The van der Waals surface area contributed by atoms with Gasteiger partial charge in [0.25, 0.3) is 0 Å². The molecule has 0 atom stereocenters. The van der Waals surface area contributed by atoms with E-state index in [-0.39, 0.29) is 19.0 Å². The van der Waals surface area contributed by atoms with Gasteiger partial charge in [-0.3, -0.25) is 4.79 Å². The van der Waals surface area contributed by atoms with E-state index in [0.717, 1.165) is 0 Å². The number of carbonyl (C=O) groups is 1. The molecule has 1 rings (SSSR count). The van der Waals surface area contributed by atoms with Gasteiger partial charge in [-0.15, -0.1) is 0 Å². The third kappa shape index (κ3) is 3.55. The Hall–Kier alpha value is -1.38. The van der Waals surface area contributed by atoms with Gasteiger partial charge in [-0.05, 0) is 40.0 Å². The zero-order chi connectivity index (χ0) is 12.8. The average molecular weight is 298 g/mol. The lowest BCUT2D eigenvalue weighted by atomic mass is 10.0. The van der Waals surface area contributed by atoms with Crippen LogP contribution in [0, 0.1) is 11.3 Å². The van der Waals surface area contributed by atoms with E-state index in [4.69, 9.17) is 15.1 Å². The topological polar surface area (TPSA) is 70.3 Å². The van der Waals surface area contributed by atoms with Crippen molar-refractivity contribution in [3.05, 3.63) is 33.3 Å². The zero-order valence-electron chi connectivity index (χ0n) is 9.36. The van der Waals surface area contributed by atoms with Crippen LogP contribution in [-0.4, -0.2) is 17.7 Å². The number of rotatable bonds is 4. The fourth-order valence-electron chi connectivity index (χ4n) is 1.46. The van der Waals surface area contributed by atoms with E-state index in [1.807, 2.05) is 6.07 Å². The van der Waals surface area contributed by atoms with Crippen LogP contribution in [0.4, 0.5) is 0 Å². The monoisotopic (exact) mass is 297 g/mol. The van der Waals surface area contributed by atoms with Crippen LogP contribution in [0.2, 0.25) is 0 Å². The number of aliphatic hydroxyl groups excluding tert-OH is 1. The highest BCUT2D eigenvalue weighted by Crippen LogP contribution is 2.23. The number of halogens is 1. The Balaban J connectivity index is 3.00. The number of aliphatic hydroxyl groups is 1. The van der Waals surface area contributed by atoms with Gasteiger partial charge >= 0.3 is 5.97 Å². The van der Waals surface area contributed by atoms with Crippen LogP contribution >= 0.6 is 15.9 Å². The Labute approximate surface area is 108 Å². The van der Waals surface area contributed by atoms with Crippen LogP contribution < -0.4 is 0 Å². The van der Waals surface area contributed by atoms with Gasteiger partial charge in [-0.2, -0.15) is 5.26 Å². The molecule has 0 saturated heterocycles. The van der Waals surface area contributed by atoms with E-state index < -0.39 is 0 Å². The van der Waals surface area contributed by atoms with E-state index >= 15 is 0 Å². The summed E-state index contributed by atoms with van der Waals surface area (Å²) in [5.74, 6) is -0.326. The fourth-order valence-corrected chi connectivity index (χ4v) is 2.09. The van der Waals surface area contributed by atoms with Crippen LogP contribution in [0.15, 0.2) is 16.6 Å². The lowest BCUT2D eigenvalue weighted by Gasteiger charge is -2.07. The molecule has 0 fully saturated rings. The molecule has 1 N–H and O–H groups in total. The summed E-state index contributed by atoms with van der Waals surface area (Å²) in [6, 6.07) is 5.33. The summed E-state index contributed by atoms with van der Waals surface area (Å²) < 4.78 is 5.41. The van der Waals surface area contributed by atoms with Crippen molar-refractivity contribution < 1.29 is 14.6 Å². The number of hydrogen-bond acceptors (Lipinski definition) is 4.